The molecule has 0 amide bonds. The fraction of sp³-hybridized carbons (Fsp3) is 0.440. The molecule has 0 N–H and O–H groups in total. The number of carbonyl (C=O) groups excluding carboxylic acids is 1. The van der Waals surface area contributed by atoms with Crippen molar-refractivity contribution in [3.63, 3.8) is 0 Å². The van der Waals surface area contributed by atoms with Gasteiger partial charge < -0.3 is 19.1 Å². The maximum Gasteiger partial charge on any atom is 0.339 e. The number of morpholine rings is 1. The number of nitrogens with zero attached hydrogens (tertiary/aromatic N) is 5. The number of hydrogen-bond donors (Lipinski definition) is 0. The van der Waals surface area contributed by atoms with E-state index in [-0.39, 0.29) is 6.10 Å². The second kappa shape index (κ2) is 13.1. The first-order valence-corrected chi connectivity index (χ1v) is 11.2. The molecule has 0 spiro atoms. The van der Waals surface area contributed by atoms with Gasteiger partial charge in [-0.2, -0.15) is 10.5 Å². The van der Waals surface area contributed by atoms with Crippen molar-refractivity contribution in [1.82, 2.24) is 9.88 Å². The monoisotopic (exact) mass is 463 g/mol. The van der Waals surface area contributed by atoms with Gasteiger partial charge >= 0.3 is 5.97 Å². The summed E-state index contributed by atoms with van der Waals surface area (Å²) >= 11 is 0. The van der Waals surface area contributed by atoms with Crippen molar-refractivity contribution in [2.75, 3.05) is 51.4 Å². The number of methoxy groups -OCH3 is 1. The lowest BCUT2D eigenvalue weighted by atomic mass is 10.1. The maximum absolute atomic E-state index is 11.7. The Hall–Kier alpha value is -3.66. The molecule has 9 nitrogen and oxygen atoms in total. The normalized spacial score (nSPS) is 15.7. The zero-order valence-corrected chi connectivity index (χ0v) is 19.4. The molecule has 1 atom stereocenters. The lowest BCUT2D eigenvalue weighted by Gasteiger charge is -2.33. The number of benzene rings is 1. The fourth-order valence-corrected chi connectivity index (χ4v) is 3.75. The van der Waals surface area contributed by atoms with Gasteiger partial charge in [-0.15, -0.1) is 0 Å². The van der Waals surface area contributed by atoms with Crippen molar-refractivity contribution < 1.29 is 19.0 Å². The lowest BCUT2D eigenvalue weighted by Crippen LogP contribution is -2.44. The van der Waals surface area contributed by atoms with E-state index < -0.39 is 5.97 Å². The fourth-order valence-electron chi connectivity index (χ4n) is 3.75. The summed E-state index contributed by atoms with van der Waals surface area (Å²) in [5.74, 6) is 0.0406. The molecule has 1 aromatic heterocycles. The minimum Gasteiger partial charge on any atom is -0.489 e. The topological polar surface area (TPSA) is 112 Å². The van der Waals surface area contributed by atoms with E-state index in [1.165, 1.54) is 18.9 Å². The summed E-state index contributed by atoms with van der Waals surface area (Å²) < 4.78 is 16.4. The molecule has 0 bridgehead atoms. The van der Waals surface area contributed by atoms with E-state index in [0.717, 1.165) is 25.3 Å². The average Bonchev–Trinajstić information content (AvgIpc) is 2.88. The molecule has 0 saturated carbocycles. The zero-order valence-electron chi connectivity index (χ0n) is 19.4. The number of hydrogen-bond acceptors (Lipinski definition) is 9. The van der Waals surface area contributed by atoms with Crippen LogP contribution in [0.2, 0.25) is 0 Å². The van der Waals surface area contributed by atoms with Gasteiger partial charge in [0.05, 0.1) is 50.5 Å². The van der Waals surface area contributed by atoms with Crippen LogP contribution in [0.25, 0.3) is 0 Å². The number of nitriles is 2. The molecular weight excluding hydrogens is 434 g/mol. The minimum atomic E-state index is -0.456. The van der Waals surface area contributed by atoms with E-state index in [2.05, 4.69) is 39.1 Å². The summed E-state index contributed by atoms with van der Waals surface area (Å²) in [7, 11) is 1.33. The van der Waals surface area contributed by atoms with Gasteiger partial charge in [0.2, 0.25) is 0 Å². The summed E-state index contributed by atoms with van der Waals surface area (Å²) in [6.07, 6.45) is 3.75. The van der Waals surface area contributed by atoms with Crippen LogP contribution in [-0.4, -0.2) is 68.5 Å². The first kappa shape index (κ1) is 25.0. The number of carbonyl (C=O) groups is 1. The molecule has 1 saturated heterocycles. The standard InChI is InChI=1S/C25H29N5O4/c1-32-25(31)21-14-23(16-28-15-21)34-19-24-18-29(12-13-33-24)17-20-4-6-22(7-5-20)30(10-2-8-26)11-3-9-27/h4-7,14-16,24H,2-3,10-13,17-19H2,1H3. The summed E-state index contributed by atoms with van der Waals surface area (Å²) in [4.78, 5) is 20.1. The molecule has 3 rings (SSSR count). The molecule has 0 radical (unpaired) electrons. The molecule has 178 valence electrons. The van der Waals surface area contributed by atoms with Gasteiger partial charge in [0, 0.05) is 44.6 Å². The molecule has 1 fully saturated rings. The Morgan fingerprint density at radius 3 is 2.62 bits per heavy atom. The summed E-state index contributed by atoms with van der Waals surface area (Å²) in [5.41, 5.74) is 2.54. The van der Waals surface area contributed by atoms with Crippen molar-refractivity contribution in [3.8, 4) is 17.9 Å². The molecular formula is C25H29N5O4. The first-order valence-electron chi connectivity index (χ1n) is 11.2. The van der Waals surface area contributed by atoms with Gasteiger partial charge in [-0.05, 0) is 23.8 Å². The Bertz CT molecular complexity index is 997. The Morgan fingerprint density at radius 1 is 1.21 bits per heavy atom. The van der Waals surface area contributed by atoms with E-state index in [0.29, 0.717) is 50.5 Å². The maximum atomic E-state index is 11.7. The van der Waals surface area contributed by atoms with Crippen LogP contribution in [0.4, 0.5) is 5.69 Å². The first-order chi connectivity index (χ1) is 16.6. The van der Waals surface area contributed by atoms with E-state index in [9.17, 15) is 4.79 Å². The number of pyridine rings is 1. The SMILES string of the molecule is COC(=O)c1cncc(OCC2CN(Cc3ccc(N(CCC#N)CCC#N)cc3)CCO2)c1. The molecule has 1 aliphatic heterocycles. The Kier molecular flexibility index (Phi) is 9.65. The van der Waals surface area contributed by atoms with Gasteiger partial charge in [-0.1, -0.05) is 12.1 Å². The lowest BCUT2D eigenvalue weighted by molar-refractivity contribution is -0.0504. The van der Waals surface area contributed by atoms with Crippen LogP contribution < -0.4 is 9.64 Å². The molecule has 1 aromatic carbocycles. The van der Waals surface area contributed by atoms with Gasteiger partial charge in [-0.3, -0.25) is 9.88 Å². The third kappa shape index (κ3) is 7.45. The molecule has 1 unspecified atom stereocenters. The highest BCUT2D eigenvalue weighted by Gasteiger charge is 2.21. The van der Waals surface area contributed by atoms with E-state index >= 15 is 0 Å². The van der Waals surface area contributed by atoms with Crippen molar-refractivity contribution >= 4 is 11.7 Å². The highest BCUT2D eigenvalue weighted by molar-refractivity contribution is 5.89. The van der Waals surface area contributed by atoms with Crippen molar-refractivity contribution in [2.45, 2.75) is 25.5 Å². The van der Waals surface area contributed by atoms with Gasteiger partial charge in [0.1, 0.15) is 18.5 Å². The quantitative estimate of drug-likeness (QED) is 0.464. The number of anilines is 1. The molecule has 2 aromatic rings. The van der Waals surface area contributed by atoms with Crippen LogP contribution in [-0.2, 0) is 16.0 Å². The third-order valence-electron chi connectivity index (χ3n) is 5.49. The largest absolute Gasteiger partial charge is 0.489 e. The van der Waals surface area contributed by atoms with Crippen LogP contribution in [0.15, 0.2) is 42.7 Å². The summed E-state index contributed by atoms with van der Waals surface area (Å²) in [5, 5.41) is 17.8. The number of ether oxygens (including phenoxy) is 3. The van der Waals surface area contributed by atoms with Crippen LogP contribution >= 0.6 is 0 Å². The van der Waals surface area contributed by atoms with Crippen LogP contribution in [0.3, 0.4) is 0 Å². The number of aromatic nitrogens is 1. The van der Waals surface area contributed by atoms with Gasteiger partial charge in [0.15, 0.2) is 0 Å². The summed E-state index contributed by atoms with van der Waals surface area (Å²) in [6, 6.07) is 14.2. The smallest absolute Gasteiger partial charge is 0.339 e. The Morgan fingerprint density at radius 2 is 1.94 bits per heavy atom. The van der Waals surface area contributed by atoms with Crippen LogP contribution in [0.5, 0.6) is 5.75 Å². The zero-order chi connectivity index (χ0) is 24.2. The second-order valence-electron chi connectivity index (χ2n) is 7.91. The number of esters is 1. The van der Waals surface area contributed by atoms with E-state index in [1.54, 1.807) is 12.3 Å². The second-order valence-corrected chi connectivity index (χ2v) is 7.91. The Labute approximate surface area is 200 Å². The van der Waals surface area contributed by atoms with Crippen molar-refractivity contribution in [3.05, 3.63) is 53.9 Å². The molecule has 34 heavy (non-hydrogen) atoms. The third-order valence-corrected chi connectivity index (χ3v) is 5.49. The summed E-state index contributed by atoms with van der Waals surface area (Å²) in [6.45, 7) is 4.53. The molecule has 2 heterocycles. The molecule has 9 heteroatoms. The van der Waals surface area contributed by atoms with Crippen LogP contribution in [0, 0.1) is 22.7 Å². The minimum absolute atomic E-state index is 0.0951. The Balaban J connectivity index is 1.52. The van der Waals surface area contributed by atoms with Gasteiger partial charge in [-0.25, -0.2) is 4.79 Å². The van der Waals surface area contributed by atoms with Crippen LogP contribution in [0.1, 0.15) is 28.8 Å². The highest BCUT2D eigenvalue weighted by atomic mass is 16.5. The van der Waals surface area contributed by atoms with Gasteiger partial charge in [0.25, 0.3) is 0 Å². The van der Waals surface area contributed by atoms with Crippen molar-refractivity contribution in [1.29, 1.82) is 10.5 Å². The average molecular weight is 464 g/mol. The molecule has 0 aliphatic carbocycles. The van der Waals surface area contributed by atoms with E-state index in [4.69, 9.17) is 24.7 Å². The predicted molar refractivity (Wildman–Crippen MR) is 125 cm³/mol. The predicted octanol–water partition coefficient (Wildman–Crippen LogP) is 2.78. The molecule has 1 aliphatic rings. The van der Waals surface area contributed by atoms with E-state index in [1.807, 2.05) is 12.1 Å². The number of rotatable bonds is 11. The highest BCUT2D eigenvalue weighted by Crippen LogP contribution is 2.19. The van der Waals surface area contributed by atoms with Crippen molar-refractivity contribution in [2.24, 2.45) is 0 Å².